The second-order valence-electron chi connectivity index (χ2n) is 5.30. The van der Waals surface area contributed by atoms with Gasteiger partial charge < -0.3 is 10.1 Å². The zero-order valence-corrected chi connectivity index (χ0v) is 14.3. The van der Waals surface area contributed by atoms with Gasteiger partial charge >= 0.3 is 5.97 Å². The number of anilines is 1. The van der Waals surface area contributed by atoms with Gasteiger partial charge in [0.1, 0.15) is 5.02 Å². The molecule has 0 atom stereocenters. The molecule has 2 aromatic carbocycles. The molecule has 0 heterocycles. The Morgan fingerprint density at radius 3 is 2.64 bits per heavy atom. The number of halogens is 1. The van der Waals surface area contributed by atoms with E-state index in [9.17, 15) is 19.7 Å². The van der Waals surface area contributed by atoms with Crippen molar-refractivity contribution >= 4 is 34.9 Å². The Kier molecular flexibility index (Phi) is 5.71. The lowest BCUT2D eigenvalue weighted by Gasteiger charge is -2.09. The number of carbonyl (C=O) groups excluding carboxylic acids is 2. The Morgan fingerprint density at radius 1 is 1.24 bits per heavy atom. The van der Waals surface area contributed by atoms with E-state index in [0.717, 1.165) is 17.2 Å². The number of nitro groups is 1. The third kappa shape index (κ3) is 4.54. The molecule has 0 radical (unpaired) electrons. The summed E-state index contributed by atoms with van der Waals surface area (Å²) >= 11 is 5.70. The van der Waals surface area contributed by atoms with Crippen LogP contribution in [0.4, 0.5) is 11.4 Å². The zero-order valence-electron chi connectivity index (χ0n) is 13.5. The summed E-state index contributed by atoms with van der Waals surface area (Å²) in [6.07, 6.45) is 0. The summed E-state index contributed by atoms with van der Waals surface area (Å²) < 4.78 is 4.99. The first-order valence-corrected chi connectivity index (χ1v) is 7.64. The van der Waals surface area contributed by atoms with Crippen molar-refractivity contribution in [2.75, 3.05) is 11.9 Å². The minimum Gasteiger partial charge on any atom is -0.452 e. The molecule has 2 rings (SSSR count). The second-order valence-corrected chi connectivity index (χ2v) is 5.70. The van der Waals surface area contributed by atoms with Crippen LogP contribution in [0.2, 0.25) is 5.02 Å². The van der Waals surface area contributed by atoms with Crippen LogP contribution in [0.1, 0.15) is 21.5 Å². The van der Waals surface area contributed by atoms with E-state index in [1.807, 2.05) is 13.0 Å². The lowest BCUT2D eigenvalue weighted by atomic mass is 10.0. The first kappa shape index (κ1) is 18.4. The molecule has 25 heavy (non-hydrogen) atoms. The maximum absolute atomic E-state index is 12.1. The van der Waals surface area contributed by atoms with Gasteiger partial charge in [-0.1, -0.05) is 23.7 Å². The summed E-state index contributed by atoms with van der Waals surface area (Å²) in [7, 11) is 0. The van der Waals surface area contributed by atoms with Gasteiger partial charge in [0, 0.05) is 11.8 Å². The fourth-order valence-corrected chi connectivity index (χ4v) is 2.30. The number of carbonyl (C=O) groups is 2. The quantitative estimate of drug-likeness (QED) is 0.497. The first-order valence-electron chi connectivity index (χ1n) is 7.26. The standard InChI is InChI=1S/C17H15ClN2O5/c1-10-4-3-5-13(11(10)2)17(22)25-9-16(21)19-12-6-7-14(18)15(8-12)20(23)24/h3-8H,9H2,1-2H3,(H,19,21). The van der Waals surface area contributed by atoms with Crippen LogP contribution >= 0.6 is 11.6 Å². The fraction of sp³-hybridized carbons (Fsp3) is 0.176. The van der Waals surface area contributed by atoms with E-state index in [2.05, 4.69) is 5.32 Å². The molecule has 0 aliphatic carbocycles. The Balaban J connectivity index is 1.99. The van der Waals surface area contributed by atoms with E-state index < -0.39 is 23.4 Å². The molecule has 2 aromatic rings. The van der Waals surface area contributed by atoms with E-state index in [1.54, 1.807) is 19.1 Å². The van der Waals surface area contributed by atoms with Crippen molar-refractivity contribution in [3.63, 3.8) is 0 Å². The Labute approximate surface area is 148 Å². The van der Waals surface area contributed by atoms with Gasteiger partial charge in [0.15, 0.2) is 6.61 Å². The smallest absolute Gasteiger partial charge is 0.338 e. The maximum atomic E-state index is 12.1. The van der Waals surface area contributed by atoms with Crippen molar-refractivity contribution in [1.82, 2.24) is 0 Å². The maximum Gasteiger partial charge on any atom is 0.338 e. The monoisotopic (exact) mass is 362 g/mol. The number of nitrogens with zero attached hydrogens (tertiary/aromatic N) is 1. The molecule has 7 nitrogen and oxygen atoms in total. The highest BCUT2D eigenvalue weighted by molar-refractivity contribution is 6.32. The number of hydrogen-bond donors (Lipinski definition) is 1. The van der Waals surface area contributed by atoms with Crippen LogP contribution < -0.4 is 5.32 Å². The van der Waals surface area contributed by atoms with E-state index in [4.69, 9.17) is 16.3 Å². The number of ether oxygens (including phenoxy) is 1. The van der Waals surface area contributed by atoms with Gasteiger partial charge in [-0.2, -0.15) is 0 Å². The lowest BCUT2D eigenvalue weighted by Crippen LogP contribution is -2.21. The van der Waals surface area contributed by atoms with Gasteiger partial charge in [-0.25, -0.2) is 4.79 Å². The van der Waals surface area contributed by atoms with Gasteiger partial charge in [0.05, 0.1) is 10.5 Å². The van der Waals surface area contributed by atoms with Gasteiger partial charge in [0.25, 0.3) is 11.6 Å². The van der Waals surface area contributed by atoms with Crippen molar-refractivity contribution in [3.05, 3.63) is 68.2 Å². The molecule has 1 N–H and O–H groups in total. The Hall–Kier alpha value is -2.93. The molecule has 0 unspecified atom stereocenters. The van der Waals surface area contributed by atoms with Crippen LogP contribution in [0.5, 0.6) is 0 Å². The lowest BCUT2D eigenvalue weighted by molar-refractivity contribution is -0.384. The second kappa shape index (κ2) is 7.76. The van der Waals surface area contributed by atoms with Crippen LogP contribution in [0.3, 0.4) is 0 Å². The highest BCUT2D eigenvalue weighted by atomic mass is 35.5. The summed E-state index contributed by atoms with van der Waals surface area (Å²) in [5.74, 6) is -1.23. The normalized spacial score (nSPS) is 10.2. The number of amides is 1. The van der Waals surface area contributed by atoms with Gasteiger partial charge in [-0.15, -0.1) is 0 Å². The number of hydrogen-bond acceptors (Lipinski definition) is 5. The molecule has 8 heteroatoms. The average molecular weight is 363 g/mol. The van der Waals surface area contributed by atoms with Crippen molar-refractivity contribution in [1.29, 1.82) is 0 Å². The first-order chi connectivity index (χ1) is 11.8. The van der Waals surface area contributed by atoms with Crippen LogP contribution in [0.15, 0.2) is 36.4 Å². The van der Waals surface area contributed by atoms with Crippen molar-refractivity contribution in [2.45, 2.75) is 13.8 Å². The van der Waals surface area contributed by atoms with E-state index >= 15 is 0 Å². The van der Waals surface area contributed by atoms with E-state index in [0.29, 0.717) is 5.56 Å². The zero-order chi connectivity index (χ0) is 18.6. The Bertz CT molecular complexity index is 851. The minimum absolute atomic E-state index is 0.0376. The van der Waals surface area contributed by atoms with Gasteiger partial charge in [-0.05, 0) is 43.2 Å². The molecule has 0 fully saturated rings. The highest BCUT2D eigenvalue weighted by Gasteiger charge is 2.16. The molecule has 0 aliphatic heterocycles. The molecular formula is C17H15ClN2O5. The van der Waals surface area contributed by atoms with E-state index in [1.165, 1.54) is 12.1 Å². The molecule has 0 spiro atoms. The number of rotatable bonds is 5. The molecular weight excluding hydrogens is 348 g/mol. The fourth-order valence-electron chi connectivity index (χ4n) is 2.11. The Morgan fingerprint density at radius 2 is 1.96 bits per heavy atom. The van der Waals surface area contributed by atoms with Crippen molar-refractivity contribution in [3.8, 4) is 0 Å². The molecule has 130 valence electrons. The predicted molar refractivity (Wildman–Crippen MR) is 92.9 cm³/mol. The summed E-state index contributed by atoms with van der Waals surface area (Å²) in [5.41, 5.74) is 1.96. The van der Waals surface area contributed by atoms with Gasteiger partial charge in [0.2, 0.25) is 0 Å². The molecule has 1 amide bonds. The highest BCUT2D eigenvalue weighted by Crippen LogP contribution is 2.27. The van der Waals surface area contributed by atoms with Crippen LogP contribution in [0, 0.1) is 24.0 Å². The number of nitrogens with one attached hydrogen (secondary N) is 1. The summed E-state index contributed by atoms with van der Waals surface area (Å²) in [4.78, 5) is 34.1. The predicted octanol–water partition coefficient (Wildman–Crippen LogP) is 3.66. The van der Waals surface area contributed by atoms with Crippen LogP contribution in [-0.2, 0) is 9.53 Å². The number of aryl methyl sites for hydroxylation is 1. The number of esters is 1. The summed E-state index contributed by atoms with van der Waals surface area (Å²) in [6.45, 7) is 3.15. The SMILES string of the molecule is Cc1cccc(C(=O)OCC(=O)Nc2ccc(Cl)c([N+](=O)[O-])c2)c1C. The third-order valence-corrected chi connectivity index (χ3v) is 3.91. The van der Waals surface area contributed by atoms with E-state index in [-0.39, 0.29) is 16.4 Å². The summed E-state index contributed by atoms with van der Waals surface area (Å²) in [6, 6.07) is 9.06. The summed E-state index contributed by atoms with van der Waals surface area (Å²) in [5, 5.41) is 13.2. The van der Waals surface area contributed by atoms with Crippen molar-refractivity contribution < 1.29 is 19.2 Å². The molecule has 0 bridgehead atoms. The largest absolute Gasteiger partial charge is 0.452 e. The molecule has 0 saturated heterocycles. The molecule has 0 saturated carbocycles. The topological polar surface area (TPSA) is 98.5 Å². The molecule has 0 aromatic heterocycles. The minimum atomic E-state index is -0.654. The third-order valence-electron chi connectivity index (χ3n) is 3.59. The number of nitro benzene ring substituents is 1. The molecule has 0 aliphatic rings. The van der Waals surface area contributed by atoms with Crippen LogP contribution in [-0.4, -0.2) is 23.4 Å². The van der Waals surface area contributed by atoms with Gasteiger partial charge in [-0.3, -0.25) is 14.9 Å². The average Bonchev–Trinajstić information content (AvgIpc) is 2.56. The van der Waals surface area contributed by atoms with Crippen molar-refractivity contribution in [2.24, 2.45) is 0 Å². The number of benzene rings is 2. The van der Waals surface area contributed by atoms with Crippen LogP contribution in [0.25, 0.3) is 0 Å².